The van der Waals surface area contributed by atoms with Crippen LogP contribution in [0.15, 0.2) is 0 Å². The fourth-order valence-electron chi connectivity index (χ4n) is 2.97. The fourth-order valence-corrected chi connectivity index (χ4v) is 2.97. The summed E-state index contributed by atoms with van der Waals surface area (Å²) in [4.78, 5) is 2.68. The van der Waals surface area contributed by atoms with Crippen molar-refractivity contribution in [2.75, 3.05) is 26.2 Å². The second-order valence-electron chi connectivity index (χ2n) is 6.88. The Hall–Kier alpha value is -0.120. The summed E-state index contributed by atoms with van der Waals surface area (Å²) in [6.45, 7) is 12.6. The molecule has 0 spiro atoms. The Kier molecular flexibility index (Phi) is 8.08. The van der Waals surface area contributed by atoms with Crippen LogP contribution in [0.4, 0.5) is 0 Å². The van der Waals surface area contributed by atoms with Gasteiger partial charge in [0.15, 0.2) is 0 Å². The van der Waals surface area contributed by atoms with Crippen LogP contribution in [0, 0.1) is 5.92 Å². The van der Waals surface area contributed by atoms with Gasteiger partial charge in [-0.05, 0) is 64.1 Å². The summed E-state index contributed by atoms with van der Waals surface area (Å²) in [6.07, 6.45) is 7.37. The lowest BCUT2D eigenvalue weighted by molar-refractivity contribution is 0.138. The highest BCUT2D eigenvalue weighted by molar-refractivity contribution is 4.88. The summed E-state index contributed by atoms with van der Waals surface area (Å²) in [5, 5.41) is 13.2. The van der Waals surface area contributed by atoms with Gasteiger partial charge in [0, 0.05) is 11.6 Å². The second-order valence-corrected chi connectivity index (χ2v) is 6.88. The first kappa shape index (κ1) is 17.9. The lowest BCUT2D eigenvalue weighted by Gasteiger charge is -2.33. The Morgan fingerprint density at radius 2 is 1.95 bits per heavy atom. The van der Waals surface area contributed by atoms with E-state index in [1.54, 1.807) is 0 Å². The Morgan fingerprint density at radius 3 is 2.40 bits per heavy atom. The van der Waals surface area contributed by atoms with E-state index in [1.807, 2.05) is 0 Å². The number of aliphatic hydroxyl groups excluding tert-OH is 1. The molecule has 1 atom stereocenters. The number of aliphatic hydroxyl groups is 1. The van der Waals surface area contributed by atoms with E-state index in [9.17, 15) is 5.11 Å². The average Bonchev–Trinajstić information content (AvgIpc) is 3.25. The predicted octanol–water partition coefficient (Wildman–Crippen LogP) is 3.03. The van der Waals surface area contributed by atoms with E-state index in [0.717, 1.165) is 31.3 Å². The van der Waals surface area contributed by atoms with Gasteiger partial charge in [-0.3, -0.25) is 0 Å². The average molecular weight is 284 g/mol. The van der Waals surface area contributed by atoms with E-state index in [1.165, 1.54) is 38.8 Å². The third kappa shape index (κ3) is 6.11. The minimum atomic E-state index is -0.0536. The van der Waals surface area contributed by atoms with Crippen molar-refractivity contribution in [1.29, 1.82) is 0 Å². The van der Waals surface area contributed by atoms with Crippen molar-refractivity contribution in [3.63, 3.8) is 0 Å². The number of nitrogens with one attached hydrogen (secondary N) is 1. The summed E-state index contributed by atoms with van der Waals surface area (Å²) in [6, 6.07) is 0.859. The molecule has 120 valence electrons. The van der Waals surface area contributed by atoms with Gasteiger partial charge in [0.1, 0.15) is 0 Å². The van der Waals surface area contributed by atoms with Crippen molar-refractivity contribution in [2.45, 2.75) is 77.8 Å². The normalized spacial score (nSPS) is 18.8. The third-order valence-electron chi connectivity index (χ3n) is 4.69. The molecule has 0 bridgehead atoms. The summed E-state index contributed by atoms with van der Waals surface area (Å²) in [5.74, 6) is 0.796. The first-order valence-electron chi connectivity index (χ1n) is 8.66. The SMILES string of the molecule is CCNC(CC)(CO)CCCN(CCC(C)C)C1CC1. The first-order chi connectivity index (χ1) is 9.56. The molecule has 0 aromatic carbocycles. The molecule has 0 aromatic rings. The Bertz CT molecular complexity index is 247. The van der Waals surface area contributed by atoms with Crippen molar-refractivity contribution in [2.24, 2.45) is 5.92 Å². The molecule has 3 heteroatoms. The van der Waals surface area contributed by atoms with Crippen LogP contribution in [0.25, 0.3) is 0 Å². The smallest absolute Gasteiger partial charge is 0.0613 e. The molecule has 0 heterocycles. The largest absolute Gasteiger partial charge is 0.394 e. The van der Waals surface area contributed by atoms with Gasteiger partial charge in [-0.2, -0.15) is 0 Å². The zero-order chi connectivity index (χ0) is 15.0. The van der Waals surface area contributed by atoms with E-state index < -0.39 is 0 Å². The van der Waals surface area contributed by atoms with Crippen molar-refractivity contribution < 1.29 is 5.11 Å². The molecule has 20 heavy (non-hydrogen) atoms. The van der Waals surface area contributed by atoms with Gasteiger partial charge in [0.05, 0.1) is 6.61 Å². The zero-order valence-electron chi connectivity index (χ0n) is 14.1. The molecular weight excluding hydrogens is 248 g/mol. The van der Waals surface area contributed by atoms with Gasteiger partial charge in [0.25, 0.3) is 0 Å². The molecule has 0 saturated heterocycles. The summed E-state index contributed by atoms with van der Waals surface area (Å²) >= 11 is 0. The topological polar surface area (TPSA) is 35.5 Å². The third-order valence-corrected chi connectivity index (χ3v) is 4.69. The minimum Gasteiger partial charge on any atom is -0.394 e. The van der Waals surface area contributed by atoms with Crippen molar-refractivity contribution in [3.8, 4) is 0 Å². The van der Waals surface area contributed by atoms with E-state index in [4.69, 9.17) is 0 Å². The summed E-state index contributed by atoms with van der Waals surface area (Å²) < 4.78 is 0. The van der Waals surface area contributed by atoms with Gasteiger partial charge < -0.3 is 15.3 Å². The van der Waals surface area contributed by atoms with Gasteiger partial charge in [0.2, 0.25) is 0 Å². The maximum Gasteiger partial charge on any atom is 0.0613 e. The summed E-state index contributed by atoms with van der Waals surface area (Å²) in [5.41, 5.74) is -0.0536. The van der Waals surface area contributed by atoms with E-state index >= 15 is 0 Å². The van der Waals surface area contributed by atoms with Crippen LogP contribution in [0.2, 0.25) is 0 Å². The second kappa shape index (κ2) is 9.01. The standard InChI is InChI=1S/C17H36N2O/c1-5-17(14-20,18-6-2)11-7-12-19(16-8-9-16)13-10-15(3)4/h15-16,18,20H,5-14H2,1-4H3. The predicted molar refractivity (Wildman–Crippen MR) is 87.1 cm³/mol. The molecular formula is C17H36N2O. The van der Waals surface area contributed by atoms with Crippen molar-refractivity contribution in [3.05, 3.63) is 0 Å². The van der Waals surface area contributed by atoms with Crippen LogP contribution in [-0.2, 0) is 0 Å². The number of rotatable bonds is 12. The molecule has 0 aromatic heterocycles. The van der Waals surface area contributed by atoms with Crippen LogP contribution in [0.5, 0.6) is 0 Å². The molecule has 1 aliphatic rings. The lowest BCUT2D eigenvalue weighted by atomic mass is 9.91. The van der Waals surface area contributed by atoms with Gasteiger partial charge in [-0.25, -0.2) is 0 Å². The van der Waals surface area contributed by atoms with E-state index in [2.05, 4.69) is 37.9 Å². The Balaban J connectivity index is 2.34. The molecule has 1 saturated carbocycles. The molecule has 0 amide bonds. The van der Waals surface area contributed by atoms with Gasteiger partial charge in [-0.1, -0.05) is 27.7 Å². The van der Waals surface area contributed by atoms with E-state index in [-0.39, 0.29) is 12.1 Å². The molecule has 1 aliphatic carbocycles. The molecule has 0 aliphatic heterocycles. The van der Waals surface area contributed by atoms with Crippen molar-refractivity contribution in [1.82, 2.24) is 10.2 Å². The highest BCUT2D eigenvalue weighted by Crippen LogP contribution is 2.28. The van der Waals surface area contributed by atoms with Crippen LogP contribution in [-0.4, -0.2) is 47.8 Å². The monoisotopic (exact) mass is 284 g/mol. The number of hydrogen-bond acceptors (Lipinski definition) is 3. The van der Waals surface area contributed by atoms with Crippen LogP contribution in [0.1, 0.15) is 66.2 Å². The van der Waals surface area contributed by atoms with Crippen LogP contribution >= 0.6 is 0 Å². The van der Waals surface area contributed by atoms with E-state index in [0.29, 0.717) is 0 Å². The molecule has 2 N–H and O–H groups in total. The zero-order valence-corrected chi connectivity index (χ0v) is 14.1. The lowest BCUT2D eigenvalue weighted by Crippen LogP contribution is -2.48. The van der Waals surface area contributed by atoms with Gasteiger partial charge >= 0.3 is 0 Å². The van der Waals surface area contributed by atoms with Crippen LogP contribution < -0.4 is 5.32 Å². The molecule has 1 unspecified atom stereocenters. The first-order valence-corrected chi connectivity index (χ1v) is 8.66. The molecule has 0 radical (unpaired) electrons. The Morgan fingerprint density at radius 1 is 1.25 bits per heavy atom. The Labute approximate surface area is 126 Å². The molecule has 1 rings (SSSR count). The number of nitrogens with zero attached hydrogens (tertiary/aromatic N) is 1. The van der Waals surface area contributed by atoms with Gasteiger partial charge in [-0.15, -0.1) is 0 Å². The highest BCUT2D eigenvalue weighted by atomic mass is 16.3. The number of likely N-dealkylation sites (N-methyl/N-ethyl adjacent to an activating group) is 1. The number of hydrogen-bond donors (Lipinski definition) is 2. The fraction of sp³-hybridized carbons (Fsp3) is 1.00. The minimum absolute atomic E-state index is 0.0536. The molecule has 3 nitrogen and oxygen atoms in total. The van der Waals surface area contributed by atoms with Crippen LogP contribution in [0.3, 0.4) is 0 Å². The summed E-state index contributed by atoms with van der Waals surface area (Å²) in [7, 11) is 0. The van der Waals surface area contributed by atoms with Crippen molar-refractivity contribution >= 4 is 0 Å². The molecule has 1 fully saturated rings. The maximum absolute atomic E-state index is 9.69. The maximum atomic E-state index is 9.69. The highest BCUT2D eigenvalue weighted by Gasteiger charge is 2.30. The quantitative estimate of drug-likeness (QED) is 0.578.